The van der Waals surface area contributed by atoms with Gasteiger partial charge in [-0.1, -0.05) is 26.0 Å². The average Bonchev–Trinajstić information content (AvgIpc) is 2.59. The molecule has 1 heterocycles. The third-order valence-electron chi connectivity index (χ3n) is 5.02. The second-order valence-electron chi connectivity index (χ2n) is 7.07. The van der Waals surface area contributed by atoms with E-state index in [0.29, 0.717) is 6.54 Å². The molecule has 0 radical (unpaired) electrons. The van der Waals surface area contributed by atoms with E-state index < -0.39 is 6.10 Å². The molecule has 0 saturated carbocycles. The summed E-state index contributed by atoms with van der Waals surface area (Å²) in [7, 11) is 0. The number of nitrogens with zero attached hydrogens (tertiary/aromatic N) is 2. The van der Waals surface area contributed by atoms with Crippen molar-refractivity contribution in [1.29, 1.82) is 0 Å². The third kappa shape index (κ3) is 3.96. The van der Waals surface area contributed by atoms with Crippen molar-refractivity contribution in [3.05, 3.63) is 41.1 Å². The van der Waals surface area contributed by atoms with Gasteiger partial charge in [0.05, 0.1) is 11.6 Å². The SMILES string of the molecule is CCCN(CCC)C[C@H](O)c1ccc2cc3c(nc2c1)CCCC3. The molecule has 0 amide bonds. The first-order chi connectivity index (χ1) is 11.7. The van der Waals surface area contributed by atoms with Crippen LogP contribution in [0.5, 0.6) is 0 Å². The second kappa shape index (κ2) is 8.09. The van der Waals surface area contributed by atoms with E-state index in [1.54, 1.807) is 0 Å². The van der Waals surface area contributed by atoms with Crippen LogP contribution in [0.3, 0.4) is 0 Å². The first-order valence-corrected chi connectivity index (χ1v) is 9.54. The predicted molar refractivity (Wildman–Crippen MR) is 100 cm³/mol. The summed E-state index contributed by atoms with van der Waals surface area (Å²) in [6, 6.07) is 8.58. The van der Waals surface area contributed by atoms with Crippen LogP contribution < -0.4 is 0 Å². The van der Waals surface area contributed by atoms with Crippen molar-refractivity contribution >= 4 is 10.9 Å². The fraction of sp³-hybridized carbons (Fsp3) is 0.571. The zero-order valence-corrected chi connectivity index (χ0v) is 15.1. The van der Waals surface area contributed by atoms with Crippen LogP contribution in [-0.2, 0) is 12.8 Å². The van der Waals surface area contributed by atoms with Gasteiger partial charge in [-0.3, -0.25) is 4.98 Å². The van der Waals surface area contributed by atoms with E-state index in [2.05, 4.69) is 43.0 Å². The number of hydrogen-bond acceptors (Lipinski definition) is 3. The Hall–Kier alpha value is -1.45. The minimum absolute atomic E-state index is 0.440. The minimum Gasteiger partial charge on any atom is -0.387 e. The zero-order valence-electron chi connectivity index (χ0n) is 15.1. The van der Waals surface area contributed by atoms with E-state index in [1.165, 1.54) is 29.5 Å². The summed E-state index contributed by atoms with van der Waals surface area (Å²) < 4.78 is 0. The highest BCUT2D eigenvalue weighted by molar-refractivity contribution is 5.80. The Labute approximate surface area is 145 Å². The van der Waals surface area contributed by atoms with Gasteiger partial charge >= 0.3 is 0 Å². The lowest BCUT2D eigenvalue weighted by Crippen LogP contribution is -2.30. The van der Waals surface area contributed by atoms with Crippen LogP contribution in [0.25, 0.3) is 10.9 Å². The van der Waals surface area contributed by atoms with Crippen molar-refractivity contribution < 1.29 is 5.11 Å². The van der Waals surface area contributed by atoms with Crippen LogP contribution in [0.1, 0.15) is 62.5 Å². The Kier molecular flexibility index (Phi) is 5.85. The number of aromatic nitrogens is 1. The molecule has 0 bridgehead atoms. The summed E-state index contributed by atoms with van der Waals surface area (Å²) in [5.41, 5.74) is 4.70. The van der Waals surface area contributed by atoms with Crippen molar-refractivity contribution in [3.63, 3.8) is 0 Å². The maximum atomic E-state index is 10.7. The van der Waals surface area contributed by atoms with Crippen molar-refractivity contribution in [2.75, 3.05) is 19.6 Å². The summed E-state index contributed by atoms with van der Waals surface area (Å²) >= 11 is 0. The molecule has 0 aliphatic heterocycles. The number of fused-ring (bicyclic) bond motifs is 2. The molecule has 0 fully saturated rings. The number of benzene rings is 1. The summed E-state index contributed by atoms with van der Waals surface area (Å²) in [6.07, 6.45) is 6.59. The number of rotatable bonds is 7. The Balaban J connectivity index is 1.81. The molecular weight excluding hydrogens is 296 g/mol. The molecule has 1 aromatic carbocycles. The normalized spacial score (nSPS) is 15.7. The van der Waals surface area contributed by atoms with Crippen molar-refractivity contribution in [3.8, 4) is 0 Å². The fourth-order valence-electron chi connectivity index (χ4n) is 3.79. The lowest BCUT2D eigenvalue weighted by atomic mass is 9.94. The molecule has 130 valence electrons. The van der Waals surface area contributed by atoms with E-state index in [1.807, 2.05) is 0 Å². The van der Waals surface area contributed by atoms with Crippen molar-refractivity contribution in [1.82, 2.24) is 9.88 Å². The van der Waals surface area contributed by atoms with Crippen molar-refractivity contribution in [2.24, 2.45) is 0 Å². The molecule has 1 aliphatic rings. The van der Waals surface area contributed by atoms with Crippen LogP contribution >= 0.6 is 0 Å². The molecule has 1 aromatic heterocycles. The van der Waals surface area contributed by atoms with E-state index >= 15 is 0 Å². The number of aryl methyl sites for hydroxylation is 2. The summed E-state index contributed by atoms with van der Waals surface area (Å²) in [4.78, 5) is 7.24. The standard InChI is InChI=1S/C21H30N2O/c1-3-11-23(12-4-2)15-21(24)18-10-9-17-13-16-7-5-6-8-19(16)22-20(17)14-18/h9-10,13-14,21,24H,3-8,11-12,15H2,1-2H3/t21-/m0/s1. The highest BCUT2D eigenvalue weighted by Gasteiger charge is 2.15. The summed E-state index contributed by atoms with van der Waals surface area (Å²) in [6.45, 7) is 7.18. The molecule has 1 aliphatic carbocycles. The summed E-state index contributed by atoms with van der Waals surface area (Å²) in [5, 5.41) is 11.9. The Morgan fingerprint density at radius 3 is 2.58 bits per heavy atom. The van der Waals surface area contributed by atoms with Gasteiger partial charge in [-0.2, -0.15) is 0 Å². The molecule has 24 heavy (non-hydrogen) atoms. The quantitative estimate of drug-likeness (QED) is 0.825. The molecule has 0 spiro atoms. The van der Waals surface area contributed by atoms with Gasteiger partial charge < -0.3 is 10.0 Å². The monoisotopic (exact) mass is 326 g/mol. The molecular formula is C21H30N2O. The van der Waals surface area contributed by atoms with Crippen molar-refractivity contribution in [2.45, 2.75) is 58.5 Å². The summed E-state index contributed by atoms with van der Waals surface area (Å²) in [5.74, 6) is 0. The lowest BCUT2D eigenvalue weighted by Gasteiger charge is -2.24. The molecule has 2 aromatic rings. The van der Waals surface area contributed by atoms with Gasteiger partial charge in [0.25, 0.3) is 0 Å². The molecule has 3 rings (SSSR count). The Morgan fingerprint density at radius 1 is 1.08 bits per heavy atom. The van der Waals surface area contributed by atoms with Crippen LogP contribution in [0.15, 0.2) is 24.3 Å². The third-order valence-corrected chi connectivity index (χ3v) is 5.02. The van der Waals surface area contributed by atoms with E-state index in [9.17, 15) is 5.11 Å². The van der Waals surface area contributed by atoms with Gasteiger partial charge in [-0.25, -0.2) is 0 Å². The number of pyridine rings is 1. The maximum absolute atomic E-state index is 10.7. The smallest absolute Gasteiger partial charge is 0.0917 e. The topological polar surface area (TPSA) is 36.4 Å². The largest absolute Gasteiger partial charge is 0.387 e. The zero-order chi connectivity index (χ0) is 16.9. The van der Waals surface area contributed by atoms with Crippen LogP contribution in [-0.4, -0.2) is 34.6 Å². The molecule has 1 atom stereocenters. The Morgan fingerprint density at radius 2 is 1.83 bits per heavy atom. The predicted octanol–water partition coefficient (Wildman–Crippen LogP) is 4.27. The average molecular weight is 326 g/mol. The van der Waals surface area contributed by atoms with Gasteiger partial charge in [0.15, 0.2) is 0 Å². The highest BCUT2D eigenvalue weighted by Crippen LogP contribution is 2.26. The first kappa shape index (κ1) is 17.4. The molecule has 3 heteroatoms. The maximum Gasteiger partial charge on any atom is 0.0917 e. The molecule has 0 saturated heterocycles. The van der Waals surface area contributed by atoms with Crippen LogP contribution in [0.2, 0.25) is 0 Å². The van der Waals surface area contributed by atoms with Crippen LogP contribution in [0.4, 0.5) is 0 Å². The fourth-order valence-corrected chi connectivity index (χ4v) is 3.79. The first-order valence-electron chi connectivity index (χ1n) is 9.54. The molecule has 0 unspecified atom stereocenters. The number of aliphatic hydroxyl groups is 1. The highest BCUT2D eigenvalue weighted by atomic mass is 16.3. The lowest BCUT2D eigenvalue weighted by molar-refractivity contribution is 0.113. The van der Waals surface area contributed by atoms with E-state index in [-0.39, 0.29) is 0 Å². The van der Waals surface area contributed by atoms with Gasteiger partial charge in [0.1, 0.15) is 0 Å². The second-order valence-corrected chi connectivity index (χ2v) is 7.07. The molecule has 3 nitrogen and oxygen atoms in total. The van der Waals surface area contributed by atoms with Gasteiger partial charge in [-0.05, 0) is 74.9 Å². The van der Waals surface area contributed by atoms with E-state index in [0.717, 1.165) is 49.9 Å². The Bertz CT molecular complexity index is 677. The van der Waals surface area contributed by atoms with Gasteiger partial charge in [0.2, 0.25) is 0 Å². The van der Waals surface area contributed by atoms with Gasteiger partial charge in [-0.15, -0.1) is 0 Å². The van der Waals surface area contributed by atoms with Crippen LogP contribution in [0, 0.1) is 0 Å². The van der Waals surface area contributed by atoms with E-state index in [4.69, 9.17) is 4.98 Å². The van der Waals surface area contributed by atoms with Gasteiger partial charge in [0, 0.05) is 17.6 Å². The molecule has 1 N–H and O–H groups in total. The minimum atomic E-state index is -0.440. The number of aliphatic hydroxyl groups excluding tert-OH is 1. The number of hydrogen-bond donors (Lipinski definition) is 1.